The van der Waals surface area contributed by atoms with Gasteiger partial charge in [-0.15, -0.1) is 11.8 Å². The van der Waals surface area contributed by atoms with Crippen molar-refractivity contribution in [3.63, 3.8) is 0 Å². The third-order valence-electron chi connectivity index (χ3n) is 2.57. The van der Waals surface area contributed by atoms with Crippen LogP contribution in [0.25, 0.3) is 0 Å². The number of aromatic nitrogens is 1. The predicted molar refractivity (Wildman–Crippen MR) is 78.5 cm³/mol. The fraction of sp³-hybridized carbons (Fsp3) is 0.214. The molecule has 0 radical (unpaired) electrons. The number of benzene rings is 1. The van der Waals surface area contributed by atoms with Crippen molar-refractivity contribution in [1.82, 2.24) is 4.98 Å². The molecule has 94 valence electrons. The first kappa shape index (κ1) is 12.8. The molecule has 0 spiro atoms. The highest BCUT2D eigenvalue weighted by atomic mass is 32.2. The van der Waals surface area contributed by atoms with E-state index in [1.54, 1.807) is 18.0 Å². The summed E-state index contributed by atoms with van der Waals surface area (Å²) < 4.78 is 0. The zero-order chi connectivity index (χ0) is 12.8. The molecule has 0 unspecified atom stereocenters. The molecule has 4 heteroatoms. The van der Waals surface area contributed by atoms with Crippen LogP contribution in [0.15, 0.2) is 47.6 Å². The van der Waals surface area contributed by atoms with Crippen LogP contribution in [0.1, 0.15) is 12.0 Å². The van der Waals surface area contributed by atoms with E-state index in [0.29, 0.717) is 5.69 Å². The van der Waals surface area contributed by atoms with Crippen LogP contribution >= 0.6 is 11.8 Å². The number of hydrogen-bond acceptors (Lipinski definition) is 4. The Labute approximate surface area is 112 Å². The Morgan fingerprint density at radius 2 is 1.94 bits per heavy atom. The largest absolute Gasteiger partial charge is 0.399 e. The van der Waals surface area contributed by atoms with E-state index in [9.17, 15) is 0 Å². The highest BCUT2D eigenvalue weighted by molar-refractivity contribution is 7.99. The lowest BCUT2D eigenvalue weighted by Gasteiger charge is -2.03. The van der Waals surface area contributed by atoms with Gasteiger partial charge in [0, 0.05) is 5.69 Å². The molecule has 2 aromatic rings. The molecule has 18 heavy (non-hydrogen) atoms. The van der Waals surface area contributed by atoms with Crippen molar-refractivity contribution < 1.29 is 0 Å². The number of pyridine rings is 1. The molecule has 0 bridgehead atoms. The van der Waals surface area contributed by atoms with Crippen LogP contribution < -0.4 is 11.5 Å². The van der Waals surface area contributed by atoms with E-state index >= 15 is 0 Å². The van der Waals surface area contributed by atoms with Crippen molar-refractivity contribution >= 4 is 23.1 Å². The third-order valence-corrected chi connectivity index (χ3v) is 3.60. The molecule has 1 aromatic carbocycles. The Morgan fingerprint density at radius 1 is 1.06 bits per heavy atom. The third kappa shape index (κ3) is 3.96. The van der Waals surface area contributed by atoms with Crippen LogP contribution in [0.3, 0.4) is 0 Å². The SMILES string of the molecule is Nc1ccc(SCCCc2cccc(N)c2)nc1. The monoisotopic (exact) mass is 259 g/mol. The van der Waals surface area contributed by atoms with Gasteiger partial charge >= 0.3 is 0 Å². The van der Waals surface area contributed by atoms with E-state index in [4.69, 9.17) is 11.5 Å². The number of nitrogens with zero attached hydrogens (tertiary/aromatic N) is 1. The summed E-state index contributed by atoms with van der Waals surface area (Å²) in [6, 6.07) is 11.9. The number of hydrogen-bond donors (Lipinski definition) is 2. The van der Waals surface area contributed by atoms with Gasteiger partial charge in [0.2, 0.25) is 0 Å². The Kier molecular flexibility index (Phi) is 4.47. The minimum absolute atomic E-state index is 0.708. The summed E-state index contributed by atoms with van der Waals surface area (Å²) in [7, 11) is 0. The van der Waals surface area contributed by atoms with E-state index in [-0.39, 0.29) is 0 Å². The van der Waals surface area contributed by atoms with Gasteiger partial charge in [-0.25, -0.2) is 4.98 Å². The van der Waals surface area contributed by atoms with Crippen LogP contribution in [0.4, 0.5) is 11.4 Å². The van der Waals surface area contributed by atoms with E-state index in [1.165, 1.54) is 5.56 Å². The first-order valence-corrected chi connectivity index (χ1v) is 6.91. The van der Waals surface area contributed by atoms with Gasteiger partial charge in [-0.2, -0.15) is 0 Å². The van der Waals surface area contributed by atoms with E-state index in [1.807, 2.05) is 30.3 Å². The molecular weight excluding hydrogens is 242 g/mol. The molecule has 2 rings (SSSR count). The van der Waals surface area contributed by atoms with Gasteiger partial charge < -0.3 is 11.5 Å². The van der Waals surface area contributed by atoms with Gasteiger partial charge in [0.15, 0.2) is 0 Å². The fourth-order valence-electron chi connectivity index (χ4n) is 1.68. The zero-order valence-electron chi connectivity index (χ0n) is 10.2. The van der Waals surface area contributed by atoms with Gasteiger partial charge in [0.25, 0.3) is 0 Å². The molecule has 0 aliphatic rings. The number of anilines is 2. The summed E-state index contributed by atoms with van der Waals surface area (Å²) in [6.45, 7) is 0. The number of nitrogen functional groups attached to an aromatic ring is 2. The summed E-state index contributed by atoms with van der Waals surface area (Å²) in [5.41, 5.74) is 14.2. The molecule has 0 aliphatic heterocycles. The molecule has 0 atom stereocenters. The highest BCUT2D eigenvalue weighted by Crippen LogP contribution is 2.18. The second-order valence-electron chi connectivity index (χ2n) is 4.13. The van der Waals surface area contributed by atoms with Gasteiger partial charge in [-0.3, -0.25) is 0 Å². The summed E-state index contributed by atoms with van der Waals surface area (Å²) in [6.07, 6.45) is 3.85. The summed E-state index contributed by atoms with van der Waals surface area (Å²) in [5, 5.41) is 1.02. The average Bonchev–Trinajstić information content (AvgIpc) is 2.37. The summed E-state index contributed by atoms with van der Waals surface area (Å²) in [4.78, 5) is 4.25. The number of aryl methyl sites for hydroxylation is 1. The second kappa shape index (κ2) is 6.31. The van der Waals surface area contributed by atoms with E-state index < -0.39 is 0 Å². The Balaban J connectivity index is 1.74. The Bertz CT molecular complexity index is 497. The minimum Gasteiger partial charge on any atom is -0.399 e. The van der Waals surface area contributed by atoms with Gasteiger partial charge in [-0.1, -0.05) is 12.1 Å². The highest BCUT2D eigenvalue weighted by Gasteiger charge is 1.97. The maximum atomic E-state index is 5.74. The molecule has 1 aromatic heterocycles. The van der Waals surface area contributed by atoms with Crippen molar-refractivity contribution in [1.29, 1.82) is 0 Å². The molecule has 0 saturated carbocycles. The smallest absolute Gasteiger partial charge is 0.0961 e. The second-order valence-corrected chi connectivity index (χ2v) is 5.24. The summed E-state index contributed by atoms with van der Waals surface area (Å²) >= 11 is 1.75. The topological polar surface area (TPSA) is 64.9 Å². The molecule has 1 heterocycles. The van der Waals surface area contributed by atoms with Crippen molar-refractivity contribution in [3.8, 4) is 0 Å². The maximum absolute atomic E-state index is 5.74. The number of nitrogens with two attached hydrogens (primary N) is 2. The number of rotatable bonds is 5. The van der Waals surface area contributed by atoms with Crippen LogP contribution in [0, 0.1) is 0 Å². The molecule has 0 fully saturated rings. The lowest BCUT2D eigenvalue weighted by molar-refractivity contribution is 0.931. The summed E-state index contributed by atoms with van der Waals surface area (Å²) in [5.74, 6) is 1.05. The van der Waals surface area contributed by atoms with E-state index in [0.717, 1.165) is 29.3 Å². The van der Waals surface area contributed by atoms with E-state index in [2.05, 4.69) is 11.1 Å². The maximum Gasteiger partial charge on any atom is 0.0961 e. The molecule has 0 aliphatic carbocycles. The predicted octanol–water partition coefficient (Wildman–Crippen LogP) is 2.97. The van der Waals surface area contributed by atoms with Crippen LogP contribution in [0.2, 0.25) is 0 Å². The Morgan fingerprint density at radius 3 is 2.67 bits per heavy atom. The van der Waals surface area contributed by atoms with Gasteiger partial charge in [-0.05, 0) is 48.4 Å². The van der Waals surface area contributed by atoms with Gasteiger partial charge in [0.05, 0.1) is 16.9 Å². The van der Waals surface area contributed by atoms with Crippen LogP contribution in [0.5, 0.6) is 0 Å². The zero-order valence-corrected chi connectivity index (χ0v) is 11.0. The lowest BCUT2D eigenvalue weighted by atomic mass is 10.1. The van der Waals surface area contributed by atoms with Crippen molar-refractivity contribution in [2.75, 3.05) is 17.2 Å². The molecule has 3 nitrogen and oxygen atoms in total. The van der Waals surface area contributed by atoms with Crippen molar-refractivity contribution in [3.05, 3.63) is 48.2 Å². The standard InChI is InChI=1S/C14H17N3S/c15-12-5-1-3-11(9-12)4-2-8-18-14-7-6-13(16)10-17-14/h1,3,5-7,9-10H,2,4,8,15-16H2. The van der Waals surface area contributed by atoms with Gasteiger partial charge in [0.1, 0.15) is 0 Å². The molecule has 0 amide bonds. The minimum atomic E-state index is 0.708. The first-order valence-electron chi connectivity index (χ1n) is 5.93. The fourth-order valence-corrected chi connectivity index (χ4v) is 2.47. The van der Waals surface area contributed by atoms with Crippen LogP contribution in [-0.2, 0) is 6.42 Å². The molecule has 4 N–H and O–H groups in total. The normalized spacial score (nSPS) is 10.4. The molecular formula is C14H17N3S. The quantitative estimate of drug-likeness (QED) is 0.492. The van der Waals surface area contributed by atoms with Crippen molar-refractivity contribution in [2.24, 2.45) is 0 Å². The lowest BCUT2D eigenvalue weighted by Crippen LogP contribution is -1.91. The first-order chi connectivity index (χ1) is 8.74. The number of thioether (sulfide) groups is 1. The average molecular weight is 259 g/mol. The Hall–Kier alpha value is -1.68. The van der Waals surface area contributed by atoms with Crippen LogP contribution in [-0.4, -0.2) is 10.7 Å². The van der Waals surface area contributed by atoms with Crippen molar-refractivity contribution in [2.45, 2.75) is 17.9 Å². The molecule has 0 saturated heterocycles.